The topological polar surface area (TPSA) is 83.3 Å². The van der Waals surface area contributed by atoms with E-state index in [4.69, 9.17) is 9.47 Å². The molecule has 2 aromatic heterocycles. The van der Waals surface area contributed by atoms with Crippen LogP contribution in [0.25, 0.3) is 11.4 Å². The Morgan fingerprint density at radius 2 is 2.10 bits per heavy atom. The van der Waals surface area contributed by atoms with Gasteiger partial charge in [0.1, 0.15) is 12.4 Å². The monoisotopic (exact) mass is 413 g/mol. The largest absolute Gasteiger partial charge is 0.487 e. The van der Waals surface area contributed by atoms with Crippen LogP contribution in [-0.2, 0) is 21.2 Å². The number of benzene rings is 1. The molecule has 1 unspecified atom stereocenters. The Labute approximate surface area is 170 Å². The van der Waals surface area contributed by atoms with Crippen molar-refractivity contribution >= 4 is 9.84 Å². The molecule has 0 aliphatic carbocycles. The van der Waals surface area contributed by atoms with E-state index in [1.165, 1.54) is 6.26 Å². The van der Waals surface area contributed by atoms with Crippen molar-refractivity contribution in [3.05, 3.63) is 60.4 Å². The van der Waals surface area contributed by atoms with E-state index in [2.05, 4.69) is 10.1 Å². The Balaban J connectivity index is 1.45. The van der Waals surface area contributed by atoms with E-state index in [0.29, 0.717) is 5.75 Å². The first kappa shape index (κ1) is 19.6. The van der Waals surface area contributed by atoms with Gasteiger partial charge >= 0.3 is 0 Å². The highest BCUT2D eigenvalue weighted by molar-refractivity contribution is 7.90. The van der Waals surface area contributed by atoms with Crippen LogP contribution in [0.3, 0.4) is 0 Å². The van der Waals surface area contributed by atoms with Gasteiger partial charge in [0.25, 0.3) is 0 Å². The van der Waals surface area contributed by atoms with Crippen molar-refractivity contribution in [2.75, 3.05) is 12.9 Å². The highest BCUT2D eigenvalue weighted by Gasteiger charge is 2.20. The van der Waals surface area contributed by atoms with E-state index in [1.807, 2.05) is 28.9 Å². The van der Waals surface area contributed by atoms with Crippen molar-refractivity contribution in [2.24, 2.45) is 0 Å². The fourth-order valence-corrected chi connectivity index (χ4v) is 4.00. The Morgan fingerprint density at radius 1 is 1.21 bits per heavy atom. The highest BCUT2D eigenvalue weighted by Crippen LogP contribution is 2.28. The average Bonchev–Trinajstić information content (AvgIpc) is 3.23. The van der Waals surface area contributed by atoms with Gasteiger partial charge in [0.15, 0.2) is 16.1 Å². The predicted octanol–water partition coefficient (Wildman–Crippen LogP) is 3.63. The maximum atomic E-state index is 11.7. The Hall–Kier alpha value is -2.71. The third-order valence-corrected chi connectivity index (χ3v) is 5.94. The smallest absolute Gasteiger partial charge is 0.175 e. The second-order valence-corrected chi connectivity index (χ2v) is 9.09. The molecular weight excluding hydrogens is 390 g/mol. The highest BCUT2D eigenvalue weighted by atomic mass is 32.2. The number of nitrogens with zero attached hydrogens (tertiary/aromatic N) is 3. The van der Waals surface area contributed by atoms with E-state index in [0.717, 1.165) is 42.8 Å². The SMILES string of the molecule is CS(=O)(=O)c1cccc(COc2ccc(-c3ccnn3C3CCCCO3)nc2)c1. The summed E-state index contributed by atoms with van der Waals surface area (Å²) in [5.41, 5.74) is 2.48. The molecular formula is C21H23N3O4S. The number of hydrogen-bond donors (Lipinski definition) is 0. The van der Waals surface area contributed by atoms with Crippen molar-refractivity contribution in [1.82, 2.24) is 14.8 Å². The van der Waals surface area contributed by atoms with Gasteiger partial charge in [-0.3, -0.25) is 4.98 Å². The summed E-state index contributed by atoms with van der Waals surface area (Å²) in [4.78, 5) is 4.79. The maximum absolute atomic E-state index is 11.7. The van der Waals surface area contributed by atoms with E-state index >= 15 is 0 Å². The van der Waals surface area contributed by atoms with Gasteiger partial charge in [-0.25, -0.2) is 13.1 Å². The normalized spacial score (nSPS) is 17.2. The van der Waals surface area contributed by atoms with Crippen LogP contribution in [-0.4, -0.2) is 36.0 Å². The summed E-state index contributed by atoms with van der Waals surface area (Å²) < 4.78 is 36.9. The molecule has 4 rings (SSSR count). The molecule has 0 amide bonds. The number of sulfone groups is 1. The van der Waals surface area contributed by atoms with Gasteiger partial charge < -0.3 is 9.47 Å². The van der Waals surface area contributed by atoms with Crippen molar-refractivity contribution in [2.45, 2.75) is 37.0 Å². The van der Waals surface area contributed by atoms with Crippen molar-refractivity contribution in [3.8, 4) is 17.1 Å². The van der Waals surface area contributed by atoms with Crippen LogP contribution in [0.5, 0.6) is 5.75 Å². The van der Waals surface area contributed by atoms with Gasteiger partial charge in [0.2, 0.25) is 0 Å². The van der Waals surface area contributed by atoms with Crippen molar-refractivity contribution in [3.63, 3.8) is 0 Å². The number of ether oxygens (including phenoxy) is 2. The van der Waals surface area contributed by atoms with Gasteiger partial charge in [0.05, 0.1) is 22.5 Å². The minimum atomic E-state index is -3.24. The molecule has 8 heteroatoms. The lowest BCUT2D eigenvalue weighted by atomic mass is 10.2. The summed E-state index contributed by atoms with van der Waals surface area (Å²) in [6, 6.07) is 12.4. The molecule has 1 aromatic carbocycles. The summed E-state index contributed by atoms with van der Waals surface area (Å²) in [6.07, 6.45) is 7.73. The van der Waals surface area contributed by atoms with Crippen LogP contribution in [0.1, 0.15) is 31.1 Å². The predicted molar refractivity (Wildman–Crippen MR) is 108 cm³/mol. The van der Waals surface area contributed by atoms with Gasteiger partial charge in [-0.1, -0.05) is 12.1 Å². The van der Waals surface area contributed by atoms with E-state index < -0.39 is 9.84 Å². The molecule has 3 aromatic rings. The Morgan fingerprint density at radius 3 is 2.83 bits per heavy atom. The zero-order chi connectivity index (χ0) is 20.3. The van der Waals surface area contributed by atoms with E-state index in [1.54, 1.807) is 30.6 Å². The fraction of sp³-hybridized carbons (Fsp3) is 0.333. The second kappa shape index (κ2) is 8.34. The van der Waals surface area contributed by atoms with Gasteiger partial charge in [-0.2, -0.15) is 5.10 Å². The van der Waals surface area contributed by atoms with Crippen LogP contribution in [0.2, 0.25) is 0 Å². The van der Waals surface area contributed by atoms with Crippen LogP contribution >= 0.6 is 0 Å². The number of aromatic nitrogens is 3. The molecule has 0 N–H and O–H groups in total. The fourth-order valence-electron chi connectivity index (χ4n) is 3.31. The third kappa shape index (κ3) is 4.65. The van der Waals surface area contributed by atoms with Gasteiger partial charge in [-0.15, -0.1) is 0 Å². The molecule has 0 radical (unpaired) electrons. The molecule has 0 spiro atoms. The summed E-state index contributed by atoms with van der Waals surface area (Å²) >= 11 is 0. The first-order valence-electron chi connectivity index (χ1n) is 9.54. The zero-order valence-corrected chi connectivity index (χ0v) is 17.0. The van der Waals surface area contributed by atoms with Crippen molar-refractivity contribution < 1.29 is 17.9 Å². The summed E-state index contributed by atoms with van der Waals surface area (Å²) in [7, 11) is -3.24. The lowest BCUT2D eigenvalue weighted by molar-refractivity contribution is -0.0384. The molecule has 1 fully saturated rings. The molecule has 3 heterocycles. The van der Waals surface area contributed by atoms with E-state index in [-0.39, 0.29) is 17.7 Å². The van der Waals surface area contributed by atoms with Crippen LogP contribution in [0, 0.1) is 0 Å². The molecule has 7 nitrogen and oxygen atoms in total. The second-order valence-electron chi connectivity index (χ2n) is 7.07. The first-order chi connectivity index (χ1) is 14.0. The maximum Gasteiger partial charge on any atom is 0.175 e. The minimum Gasteiger partial charge on any atom is -0.487 e. The first-order valence-corrected chi connectivity index (χ1v) is 11.4. The third-order valence-electron chi connectivity index (χ3n) is 4.83. The summed E-state index contributed by atoms with van der Waals surface area (Å²) in [5.74, 6) is 0.610. The van der Waals surface area contributed by atoms with Crippen molar-refractivity contribution in [1.29, 1.82) is 0 Å². The van der Waals surface area contributed by atoms with E-state index in [9.17, 15) is 8.42 Å². The molecule has 29 heavy (non-hydrogen) atoms. The molecule has 152 valence electrons. The van der Waals surface area contributed by atoms with Crippen LogP contribution in [0.4, 0.5) is 0 Å². The van der Waals surface area contributed by atoms with Crippen LogP contribution < -0.4 is 4.74 Å². The summed E-state index contributed by atoms with van der Waals surface area (Å²) in [6.45, 7) is 1.02. The Kier molecular flexibility index (Phi) is 5.64. The average molecular weight is 413 g/mol. The van der Waals surface area contributed by atoms with Gasteiger partial charge in [0, 0.05) is 19.1 Å². The molecule has 1 saturated heterocycles. The standard InChI is InChI=1S/C21H23N3O4S/c1-29(25,26)18-6-4-5-16(13-18)15-28-17-8-9-19(22-14-17)20-10-11-23-24(20)21-7-2-3-12-27-21/h4-6,8-11,13-14,21H,2-3,7,12,15H2,1H3. The molecule has 1 aliphatic rings. The molecule has 0 saturated carbocycles. The number of pyridine rings is 1. The lowest BCUT2D eigenvalue weighted by Gasteiger charge is -2.24. The molecule has 0 bridgehead atoms. The van der Waals surface area contributed by atoms with Gasteiger partial charge in [-0.05, 0) is 55.2 Å². The lowest BCUT2D eigenvalue weighted by Crippen LogP contribution is -2.20. The quantitative estimate of drug-likeness (QED) is 0.614. The van der Waals surface area contributed by atoms with Crippen LogP contribution in [0.15, 0.2) is 59.8 Å². The zero-order valence-electron chi connectivity index (χ0n) is 16.2. The molecule has 1 atom stereocenters. The number of rotatable bonds is 6. The number of hydrogen-bond acceptors (Lipinski definition) is 6. The Bertz CT molecular complexity index is 1070. The minimum absolute atomic E-state index is 0.0476. The molecule has 1 aliphatic heterocycles. The summed E-state index contributed by atoms with van der Waals surface area (Å²) in [5, 5.41) is 4.41.